The van der Waals surface area contributed by atoms with Crippen molar-refractivity contribution in [2.24, 2.45) is 0 Å². The van der Waals surface area contributed by atoms with E-state index in [1.807, 2.05) is 13.8 Å². The minimum absolute atomic E-state index is 0.0277. The van der Waals surface area contributed by atoms with E-state index in [9.17, 15) is 18.0 Å². The molecule has 0 atom stereocenters. The van der Waals surface area contributed by atoms with Crippen molar-refractivity contribution in [3.8, 4) is 5.75 Å². The van der Waals surface area contributed by atoms with Crippen LogP contribution in [0.4, 0.5) is 15.6 Å². The van der Waals surface area contributed by atoms with Crippen molar-refractivity contribution >= 4 is 44.1 Å². The van der Waals surface area contributed by atoms with Crippen LogP contribution in [0.5, 0.6) is 5.75 Å². The fourth-order valence-corrected chi connectivity index (χ4v) is 5.68. The number of urea groups is 1. The molecule has 0 radical (unpaired) electrons. The fraction of sp³-hybridized carbons (Fsp3) is 0.476. The summed E-state index contributed by atoms with van der Waals surface area (Å²) < 4.78 is 33.0. The summed E-state index contributed by atoms with van der Waals surface area (Å²) >= 11 is 1.29. The molecule has 1 fully saturated rings. The van der Waals surface area contributed by atoms with Crippen LogP contribution >= 0.6 is 11.3 Å². The summed E-state index contributed by atoms with van der Waals surface area (Å²) in [5, 5.41) is 7.74. The van der Waals surface area contributed by atoms with Gasteiger partial charge in [-0.2, -0.15) is 4.31 Å². The molecule has 1 aliphatic heterocycles. The number of carbonyl (C=O) groups excluding carboxylic acids is 2. The minimum atomic E-state index is -3.70. The zero-order chi connectivity index (χ0) is 24.2. The predicted molar refractivity (Wildman–Crippen MR) is 128 cm³/mol. The average Bonchev–Trinajstić information content (AvgIpc) is 3.38. The second-order valence-electron chi connectivity index (χ2n) is 7.64. The molecule has 0 aliphatic carbocycles. The zero-order valence-corrected chi connectivity index (χ0v) is 20.8. The average molecular weight is 496 g/mol. The van der Waals surface area contributed by atoms with Crippen molar-refractivity contribution in [1.82, 2.24) is 14.6 Å². The zero-order valence-electron chi connectivity index (χ0n) is 19.1. The van der Waals surface area contributed by atoms with Crippen molar-refractivity contribution in [1.29, 1.82) is 0 Å². The van der Waals surface area contributed by atoms with Gasteiger partial charge in [0.15, 0.2) is 5.13 Å². The van der Waals surface area contributed by atoms with Crippen molar-refractivity contribution in [2.75, 3.05) is 36.4 Å². The number of hydrogen-bond donors (Lipinski definition) is 2. The second kappa shape index (κ2) is 10.5. The first-order chi connectivity index (χ1) is 15.6. The smallest absolute Gasteiger partial charge is 0.323 e. The maximum absolute atomic E-state index is 12.9. The van der Waals surface area contributed by atoms with Crippen molar-refractivity contribution < 1.29 is 22.7 Å². The van der Waals surface area contributed by atoms with E-state index in [1.54, 1.807) is 25.3 Å². The van der Waals surface area contributed by atoms with Gasteiger partial charge in [0.2, 0.25) is 15.9 Å². The normalized spacial score (nSPS) is 14.1. The third-order valence-electron chi connectivity index (χ3n) is 4.90. The second-order valence-corrected chi connectivity index (χ2v) is 10.4. The Morgan fingerprint density at radius 3 is 2.67 bits per heavy atom. The summed E-state index contributed by atoms with van der Waals surface area (Å²) in [5.41, 5.74) is 0.793. The van der Waals surface area contributed by atoms with Crippen molar-refractivity contribution in [3.05, 3.63) is 29.3 Å². The van der Waals surface area contributed by atoms with E-state index in [0.717, 1.165) is 0 Å². The van der Waals surface area contributed by atoms with Crippen LogP contribution in [-0.2, 0) is 21.2 Å². The molecule has 2 heterocycles. The van der Waals surface area contributed by atoms with Crippen molar-refractivity contribution in [3.63, 3.8) is 0 Å². The predicted octanol–water partition coefficient (Wildman–Crippen LogP) is 2.67. The fourth-order valence-electron chi connectivity index (χ4n) is 3.35. The maximum atomic E-state index is 12.9. The minimum Gasteiger partial charge on any atom is -0.489 e. The Labute approximate surface area is 198 Å². The number of hydrogen-bond acceptors (Lipinski definition) is 7. The monoisotopic (exact) mass is 495 g/mol. The third-order valence-corrected chi connectivity index (χ3v) is 7.86. The van der Waals surface area contributed by atoms with E-state index in [2.05, 4.69) is 15.6 Å². The van der Waals surface area contributed by atoms with Crippen LogP contribution in [0.25, 0.3) is 0 Å². The Bertz CT molecular complexity index is 1110. The summed E-state index contributed by atoms with van der Waals surface area (Å²) in [6.07, 6.45) is -0.196. The molecule has 12 heteroatoms. The van der Waals surface area contributed by atoms with Crippen LogP contribution in [0.15, 0.2) is 28.5 Å². The van der Waals surface area contributed by atoms with Crippen LogP contribution in [0.3, 0.4) is 0 Å². The molecule has 2 aromatic rings. The number of ether oxygens (including phenoxy) is 1. The first-order valence-corrected chi connectivity index (χ1v) is 13.1. The highest BCUT2D eigenvalue weighted by molar-refractivity contribution is 7.89. The van der Waals surface area contributed by atoms with Gasteiger partial charge in [-0.3, -0.25) is 9.69 Å². The van der Waals surface area contributed by atoms with Gasteiger partial charge in [-0.1, -0.05) is 13.8 Å². The van der Waals surface area contributed by atoms with E-state index in [0.29, 0.717) is 42.8 Å². The van der Waals surface area contributed by atoms with Gasteiger partial charge in [0.25, 0.3) is 0 Å². The van der Waals surface area contributed by atoms with Gasteiger partial charge in [-0.15, -0.1) is 11.3 Å². The highest BCUT2D eigenvalue weighted by Crippen LogP contribution is 2.30. The summed E-state index contributed by atoms with van der Waals surface area (Å²) in [6.45, 7) is 9.00. The standard InChI is InChI=1S/C21H29N5O5S2/c1-5-25(6-2)33(29,30)16-7-8-18(31-14(3)4)17(12-16)24-19(27)11-15-13-32-21(23-15)26-10-9-22-20(26)28/h7-8,12-14H,5-6,9-11H2,1-4H3,(H,22,28)(H,24,27). The highest BCUT2D eigenvalue weighted by atomic mass is 32.2. The molecule has 10 nitrogen and oxygen atoms in total. The first kappa shape index (κ1) is 24.9. The summed E-state index contributed by atoms with van der Waals surface area (Å²) in [5.74, 6) is 0.00766. The molecule has 2 N–H and O–H groups in total. The molecule has 0 spiro atoms. The number of rotatable bonds is 10. The van der Waals surface area contributed by atoms with Crippen LogP contribution in [-0.4, -0.2) is 61.9 Å². The Morgan fingerprint density at radius 1 is 1.33 bits per heavy atom. The van der Waals surface area contributed by atoms with Gasteiger partial charge in [0.05, 0.1) is 28.8 Å². The molecule has 3 rings (SSSR count). The summed E-state index contributed by atoms with van der Waals surface area (Å²) in [6, 6.07) is 4.25. The van der Waals surface area contributed by atoms with Gasteiger partial charge in [0.1, 0.15) is 5.75 Å². The summed E-state index contributed by atoms with van der Waals surface area (Å²) in [7, 11) is -3.70. The molecule has 33 heavy (non-hydrogen) atoms. The van der Waals surface area contributed by atoms with Crippen LogP contribution in [0.2, 0.25) is 0 Å². The molecule has 0 bridgehead atoms. The molecule has 0 unspecified atom stereocenters. The van der Waals surface area contributed by atoms with Crippen molar-refractivity contribution in [2.45, 2.75) is 45.1 Å². The lowest BCUT2D eigenvalue weighted by atomic mass is 10.2. The third kappa shape index (κ3) is 5.81. The van der Waals surface area contributed by atoms with Gasteiger partial charge in [0, 0.05) is 31.6 Å². The lowest BCUT2D eigenvalue weighted by molar-refractivity contribution is -0.115. The van der Waals surface area contributed by atoms with Crippen LogP contribution < -0.4 is 20.3 Å². The van der Waals surface area contributed by atoms with Gasteiger partial charge >= 0.3 is 6.03 Å². The number of sulfonamides is 1. The lowest BCUT2D eigenvalue weighted by Crippen LogP contribution is -2.30. The SMILES string of the molecule is CCN(CC)S(=O)(=O)c1ccc(OC(C)C)c(NC(=O)Cc2csc(N3CCNC3=O)n2)c1. The number of carbonyl (C=O) groups is 2. The molecule has 1 aromatic heterocycles. The quantitative estimate of drug-likeness (QED) is 0.523. The number of benzene rings is 1. The molecule has 1 saturated heterocycles. The highest BCUT2D eigenvalue weighted by Gasteiger charge is 2.25. The number of nitrogens with one attached hydrogen (secondary N) is 2. The van der Waals surface area contributed by atoms with Gasteiger partial charge in [-0.05, 0) is 32.0 Å². The van der Waals surface area contributed by atoms with E-state index < -0.39 is 10.0 Å². The maximum Gasteiger partial charge on any atom is 0.323 e. The summed E-state index contributed by atoms with van der Waals surface area (Å²) in [4.78, 5) is 30.6. The molecule has 1 aromatic carbocycles. The Kier molecular flexibility index (Phi) is 7.92. The number of amides is 3. The van der Waals surface area contributed by atoms with Crippen LogP contribution in [0, 0.1) is 0 Å². The Balaban J connectivity index is 1.81. The Morgan fingerprint density at radius 2 is 2.06 bits per heavy atom. The van der Waals surface area contributed by atoms with E-state index >= 15 is 0 Å². The van der Waals surface area contributed by atoms with E-state index in [4.69, 9.17) is 4.74 Å². The number of anilines is 2. The number of thiazole rings is 1. The molecular formula is C21H29N5O5S2. The molecule has 0 saturated carbocycles. The molecule has 3 amide bonds. The largest absolute Gasteiger partial charge is 0.489 e. The Hall–Kier alpha value is -2.70. The number of aromatic nitrogens is 1. The lowest BCUT2D eigenvalue weighted by Gasteiger charge is -2.20. The van der Waals surface area contributed by atoms with E-state index in [1.165, 1.54) is 32.7 Å². The molecular weight excluding hydrogens is 466 g/mol. The number of nitrogens with zero attached hydrogens (tertiary/aromatic N) is 3. The molecule has 180 valence electrons. The first-order valence-electron chi connectivity index (χ1n) is 10.8. The van der Waals surface area contributed by atoms with E-state index in [-0.39, 0.29) is 35.0 Å². The molecule has 1 aliphatic rings. The van der Waals surface area contributed by atoms with Crippen LogP contribution in [0.1, 0.15) is 33.4 Å². The van der Waals surface area contributed by atoms with Gasteiger partial charge < -0.3 is 15.4 Å². The van der Waals surface area contributed by atoms with Gasteiger partial charge in [-0.25, -0.2) is 18.2 Å². The topological polar surface area (TPSA) is 121 Å².